The number of rotatable bonds is 7. The summed E-state index contributed by atoms with van der Waals surface area (Å²) in [6.07, 6.45) is 10.4. The third-order valence-corrected chi connectivity index (χ3v) is 7.77. The molecule has 1 aliphatic carbocycles. The minimum absolute atomic E-state index is 0.185. The molecular weight excluding hydrogens is 435 g/mol. The molecule has 2 heterocycles. The highest BCUT2D eigenvalue weighted by atomic mass is 19.1. The summed E-state index contributed by atoms with van der Waals surface area (Å²) in [6.45, 7) is 8.56. The van der Waals surface area contributed by atoms with Crippen LogP contribution in [0.3, 0.4) is 0 Å². The van der Waals surface area contributed by atoms with E-state index >= 15 is 4.39 Å². The van der Waals surface area contributed by atoms with Crippen LogP contribution in [-0.2, 0) is 12.8 Å². The number of piperidine rings is 1. The SMILES string of the molecule is C=C(C1CC1)N1c2c(F)cc(C(C=NC3CCNCC3)=CN)c(Cc3ccccc3)c2CCC1C. The molecule has 4 nitrogen and oxygen atoms in total. The molecule has 2 fully saturated rings. The van der Waals surface area contributed by atoms with Crippen LogP contribution in [0.5, 0.6) is 0 Å². The number of allylic oxidation sites excluding steroid dienone is 2. The monoisotopic (exact) mass is 472 g/mol. The summed E-state index contributed by atoms with van der Waals surface area (Å²) in [6, 6.07) is 12.6. The topological polar surface area (TPSA) is 53.6 Å². The number of nitrogens with one attached hydrogen (secondary N) is 1. The van der Waals surface area contributed by atoms with E-state index in [1.165, 1.54) is 5.56 Å². The lowest BCUT2D eigenvalue weighted by Crippen LogP contribution is -2.38. The lowest BCUT2D eigenvalue weighted by Gasteiger charge is -2.40. The number of anilines is 1. The van der Waals surface area contributed by atoms with Gasteiger partial charge in [-0.1, -0.05) is 36.9 Å². The Balaban J connectivity index is 1.60. The molecule has 0 bridgehead atoms. The molecule has 1 saturated carbocycles. The Kier molecular flexibility index (Phi) is 7.05. The molecule has 0 aromatic heterocycles. The van der Waals surface area contributed by atoms with Crippen LogP contribution in [0, 0.1) is 11.7 Å². The number of fused-ring (bicyclic) bond motifs is 1. The van der Waals surface area contributed by atoms with Crippen molar-refractivity contribution in [3.63, 3.8) is 0 Å². The zero-order valence-corrected chi connectivity index (χ0v) is 20.8. The van der Waals surface area contributed by atoms with Gasteiger partial charge < -0.3 is 16.0 Å². The number of nitrogens with two attached hydrogens (primary N) is 1. The molecule has 0 amide bonds. The summed E-state index contributed by atoms with van der Waals surface area (Å²) in [7, 11) is 0. The van der Waals surface area contributed by atoms with Gasteiger partial charge in [-0.15, -0.1) is 0 Å². The normalized spacial score (nSPS) is 21.4. The lowest BCUT2D eigenvalue weighted by molar-refractivity contribution is 0.461. The summed E-state index contributed by atoms with van der Waals surface area (Å²) in [5.41, 5.74) is 13.0. The Morgan fingerprint density at radius 2 is 1.91 bits per heavy atom. The maximum atomic E-state index is 16.0. The van der Waals surface area contributed by atoms with E-state index in [2.05, 4.69) is 48.0 Å². The van der Waals surface area contributed by atoms with Gasteiger partial charge in [0.05, 0.1) is 11.7 Å². The van der Waals surface area contributed by atoms with Gasteiger partial charge in [-0.3, -0.25) is 4.99 Å². The van der Waals surface area contributed by atoms with Crippen LogP contribution in [0.4, 0.5) is 10.1 Å². The third-order valence-electron chi connectivity index (χ3n) is 7.77. The average molecular weight is 473 g/mol. The highest BCUT2D eigenvalue weighted by molar-refractivity contribution is 6.10. The van der Waals surface area contributed by atoms with Crippen LogP contribution in [0.1, 0.15) is 61.3 Å². The van der Waals surface area contributed by atoms with Crippen molar-refractivity contribution in [3.8, 4) is 0 Å². The van der Waals surface area contributed by atoms with Crippen LogP contribution < -0.4 is 16.0 Å². The van der Waals surface area contributed by atoms with Gasteiger partial charge in [-0.2, -0.15) is 0 Å². The van der Waals surface area contributed by atoms with Crippen molar-refractivity contribution in [1.29, 1.82) is 0 Å². The minimum atomic E-state index is -0.185. The fourth-order valence-corrected chi connectivity index (χ4v) is 5.61. The van der Waals surface area contributed by atoms with Crippen molar-refractivity contribution in [3.05, 3.63) is 82.9 Å². The molecule has 2 aromatic rings. The van der Waals surface area contributed by atoms with Gasteiger partial charge in [-0.25, -0.2) is 4.39 Å². The first-order chi connectivity index (χ1) is 17.1. The largest absolute Gasteiger partial charge is 0.404 e. The third kappa shape index (κ3) is 5.06. The zero-order valence-electron chi connectivity index (χ0n) is 20.8. The van der Waals surface area contributed by atoms with E-state index in [4.69, 9.17) is 10.7 Å². The first kappa shape index (κ1) is 23.8. The van der Waals surface area contributed by atoms with Crippen molar-refractivity contribution in [1.82, 2.24) is 5.32 Å². The number of hydrogen-bond acceptors (Lipinski definition) is 4. The smallest absolute Gasteiger partial charge is 0.147 e. The van der Waals surface area contributed by atoms with Crippen LogP contribution in [0.2, 0.25) is 0 Å². The fraction of sp³-hybridized carbons (Fsp3) is 0.433. The Labute approximate surface area is 208 Å². The second kappa shape index (κ2) is 10.4. The van der Waals surface area contributed by atoms with E-state index in [-0.39, 0.29) is 17.9 Å². The Hall–Kier alpha value is -2.92. The summed E-state index contributed by atoms with van der Waals surface area (Å²) in [5, 5.41) is 3.38. The molecule has 2 aliphatic heterocycles. The van der Waals surface area contributed by atoms with Gasteiger partial charge >= 0.3 is 0 Å². The van der Waals surface area contributed by atoms with Crippen molar-refractivity contribution >= 4 is 17.5 Å². The highest BCUT2D eigenvalue weighted by Gasteiger charge is 2.36. The van der Waals surface area contributed by atoms with Crippen LogP contribution in [0.15, 0.2) is 59.9 Å². The number of halogens is 1. The lowest BCUT2D eigenvalue weighted by atomic mass is 9.84. The predicted molar refractivity (Wildman–Crippen MR) is 144 cm³/mol. The van der Waals surface area contributed by atoms with Gasteiger partial charge in [-0.05, 0) is 99.2 Å². The number of nitrogens with zero attached hydrogens (tertiary/aromatic N) is 2. The molecule has 0 spiro atoms. The van der Waals surface area contributed by atoms with E-state index in [0.29, 0.717) is 5.92 Å². The Bertz CT molecular complexity index is 1130. The molecule has 5 heteroatoms. The molecule has 1 atom stereocenters. The van der Waals surface area contributed by atoms with Crippen molar-refractivity contribution in [2.24, 2.45) is 16.6 Å². The van der Waals surface area contributed by atoms with E-state index < -0.39 is 0 Å². The fourth-order valence-electron chi connectivity index (χ4n) is 5.61. The van der Waals surface area contributed by atoms with Crippen LogP contribution >= 0.6 is 0 Å². The maximum absolute atomic E-state index is 16.0. The van der Waals surface area contributed by atoms with Gasteiger partial charge in [0.25, 0.3) is 0 Å². The molecular formula is C30H37FN4. The molecule has 1 saturated heterocycles. The number of aliphatic imine (C=N–C) groups is 1. The predicted octanol–water partition coefficient (Wildman–Crippen LogP) is 5.60. The van der Waals surface area contributed by atoms with E-state index in [1.54, 1.807) is 12.3 Å². The number of hydrogen-bond donors (Lipinski definition) is 2. The van der Waals surface area contributed by atoms with E-state index in [9.17, 15) is 0 Å². The minimum Gasteiger partial charge on any atom is -0.404 e. The van der Waals surface area contributed by atoms with Crippen molar-refractivity contribution in [2.45, 2.75) is 64.0 Å². The molecule has 35 heavy (non-hydrogen) atoms. The molecule has 2 aromatic carbocycles. The second-order valence-corrected chi connectivity index (χ2v) is 10.3. The Morgan fingerprint density at radius 3 is 2.60 bits per heavy atom. The first-order valence-electron chi connectivity index (χ1n) is 13.1. The summed E-state index contributed by atoms with van der Waals surface area (Å²) >= 11 is 0. The molecule has 3 N–H and O–H groups in total. The van der Waals surface area contributed by atoms with Crippen molar-refractivity contribution < 1.29 is 4.39 Å². The van der Waals surface area contributed by atoms with E-state index in [1.807, 2.05) is 12.3 Å². The first-order valence-corrected chi connectivity index (χ1v) is 13.1. The average Bonchev–Trinajstić information content (AvgIpc) is 3.73. The van der Waals surface area contributed by atoms with Gasteiger partial charge in [0.2, 0.25) is 0 Å². The summed E-state index contributed by atoms with van der Waals surface area (Å²) in [4.78, 5) is 7.04. The standard InChI is InChI=1S/C30H37FN4/c1-20-8-11-26-28(16-22-6-4-3-5-7-22)27(24(18-32)19-34-25-12-14-33-15-13-25)17-29(31)30(26)35(20)21(2)23-9-10-23/h3-7,17-20,23,25,33H,2,8-16,32H2,1H3. The molecule has 184 valence electrons. The van der Waals surface area contributed by atoms with E-state index in [0.717, 1.165) is 91.7 Å². The Morgan fingerprint density at radius 1 is 1.17 bits per heavy atom. The van der Waals surface area contributed by atoms with Crippen LogP contribution in [0.25, 0.3) is 5.57 Å². The second-order valence-electron chi connectivity index (χ2n) is 10.3. The molecule has 1 unspecified atom stereocenters. The molecule has 3 aliphatic rings. The van der Waals surface area contributed by atoms with Gasteiger partial charge in [0, 0.05) is 29.7 Å². The quantitative estimate of drug-likeness (QED) is 0.516. The van der Waals surface area contributed by atoms with Gasteiger partial charge in [0.15, 0.2) is 0 Å². The van der Waals surface area contributed by atoms with Crippen molar-refractivity contribution in [2.75, 3.05) is 18.0 Å². The highest BCUT2D eigenvalue weighted by Crippen LogP contribution is 2.46. The van der Waals surface area contributed by atoms with Crippen LogP contribution in [-0.4, -0.2) is 31.4 Å². The summed E-state index contributed by atoms with van der Waals surface area (Å²) in [5.74, 6) is 0.298. The molecule has 0 radical (unpaired) electrons. The van der Waals surface area contributed by atoms with Gasteiger partial charge in [0.1, 0.15) is 5.82 Å². The number of benzene rings is 2. The molecule has 5 rings (SSSR count). The maximum Gasteiger partial charge on any atom is 0.147 e. The summed E-state index contributed by atoms with van der Waals surface area (Å²) < 4.78 is 16.0. The zero-order chi connectivity index (χ0) is 24.4.